The molecule has 0 heterocycles. The lowest BCUT2D eigenvalue weighted by Crippen LogP contribution is -2.01. The number of carbonyl (C=O) groups is 1. The predicted molar refractivity (Wildman–Crippen MR) is 91.0 cm³/mol. The first-order chi connectivity index (χ1) is 10.9. The lowest BCUT2D eigenvalue weighted by atomic mass is 10.0. The number of carboxylic acids is 1. The van der Waals surface area contributed by atoms with Gasteiger partial charge >= 0.3 is 5.97 Å². The Hall–Kier alpha value is -2.46. The van der Waals surface area contributed by atoms with Crippen molar-refractivity contribution in [3.63, 3.8) is 0 Å². The third kappa shape index (κ3) is 4.05. The van der Waals surface area contributed by atoms with Crippen LogP contribution in [0.1, 0.15) is 23.6 Å². The summed E-state index contributed by atoms with van der Waals surface area (Å²) in [5, 5.41) is 19.1. The Morgan fingerprint density at radius 2 is 2.00 bits per heavy atom. The third-order valence-corrected chi connectivity index (χ3v) is 3.60. The number of phenols is 1. The van der Waals surface area contributed by atoms with Gasteiger partial charge in [-0.2, -0.15) is 0 Å². The zero-order chi connectivity index (χ0) is 17.0. The molecule has 0 spiro atoms. The second-order valence-corrected chi connectivity index (χ2v) is 5.39. The van der Waals surface area contributed by atoms with Crippen LogP contribution < -0.4 is 4.74 Å². The molecule has 2 aromatic carbocycles. The SMILES string of the molecule is CCOc1ccc(/C(=C/c2ccc(O)c(Cl)c2)C(=O)O)cc1C. The molecule has 0 amide bonds. The summed E-state index contributed by atoms with van der Waals surface area (Å²) in [4.78, 5) is 11.6. The summed E-state index contributed by atoms with van der Waals surface area (Å²) < 4.78 is 5.47. The van der Waals surface area contributed by atoms with E-state index in [0.29, 0.717) is 17.7 Å². The minimum Gasteiger partial charge on any atom is -0.506 e. The van der Waals surface area contributed by atoms with E-state index in [1.807, 2.05) is 13.8 Å². The van der Waals surface area contributed by atoms with Gasteiger partial charge in [0.2, 0.25) is 0 Å². The molecule has 0 aliphatic rings. The third-order valence-electron chi connectivity index (χ3n) is 3.30. The zero-order valence-corrected chi connectivity index (χ0v) is 13.6. The van der Waals surface area contributed by atoms with Gasteiger partial charge in [-0.05, 0) is 60.9 Å². The van der Waals surface area contributed by atoms with E-state index in [2.05, 4.69) is 0 Å². The Morgan fingerprint density at radius 3 is 2.57 bits per heavy atom. The molecule has 0 unspecified atom stereocenters. The average Bonchev–Trinajstić information content (AvgIpc) is 2.50. The standard InChI is InChI=1S/C18H17ClO4/c1-3-23-17-7-5-13(8-11(17)2)14(18(21)22)9-12-4-6-16(20)15(19)10-12/h4-10,20H,3H2,1-2H3,(H,21,22)/b14-9-. The Kier molecular flexibility index (Phi) is 5.29. The van der Waals surface area contributed by atoms with E-state index < -0.39 is 5.97 Å². The number of carboxylic acid groups (broad SMARTS) is 1. The number of halogens is 1. The first kappa shape index (κ1) is 16.9. The fraction of sp³-hybridized carbons (Fsp3) is 0.167. The highest BCUT2D eigenvalue weighted by Crippen LogP contribution is 2.28. The lowest BCUT2D eigenvalue weighted by Gasteiger charge is -2.10. The van der Waals surface area contributed by atoms with Crippen LogP contribution in [-0.4, -0.2) is 22.8 Å². The first-order valence-electron chi connectivity index (χ1n) is 7.09. The summed E-state index contributed by atoms with van der Waals surface area (Å²) in [5.74, 6) is -0.357. The maximum absolute atomic E-state index is 11.6. The van der Waals surface area contributed by atoms with E-state index in [1.54, 1.807) is 24.3 Å². The second-order valence-electron chi connectivity index (χ2n) is 4.99. The van der Waals surface area contributed by atoms with Crippen molar-refractivity contribution in [3.8, 4) is 11.5 Å². The highest BCUT2D eigenvalue weighted by molar-refractivity contribution is 6.32. The van der Waals surface area contributed by atoms with Gasteiger partial charge in [0.15, 0.2) is 0 Å². The van der Waals surface area contributed by atoms with Crippen LogP contribution in [0.15, 0.2) is 36.4 Å². The molecule has 0 aliphatic carbocycles. The van der Waals surface area contributed by atoms with Crippen molar-refractivity contribution in [1.29, 1.82) is 0 Å². The van der Waals surface area contributed by atoms with Gasteiger partial charge in [0.25, 0.3) is 0 Å². The summed E-state index contributed by atoms with van der Waals surface area (Å²) in [6, 6.07) is 9.78. The lowest BCUT2D eigenvalue weighted by molar-refractivity contribution is -0.130. The molecule has 0 atom stereocenters. The molecule has 0 saturated carbocycles. The van der Waals surface area contributed by atoms with Gasteiger partial charge in [-0.15, -0.1) is 0 Å². The van der Waals surface area contributed by atoms with Gasteiger partial charge in [-0.25, -0.2) is 4.79 Å². The number of hydrogen-bond donors (Lipinski definition) is 2. The number of aromatic hydroxyl groups is 1. The predicted octanol–water partition coefficient (Wildman–Crippen LogP) is 4.38. The molecule has 0 radical (unpaired) electrons. The van der Waals surface area contributed by atoms with E-state index in [0.717, 1.165) is 11.3 Å². The largest absolute Gasteiger partial charge is 0.506 e. The molecular formula is C18H17ClO4. The van der Waals surface area contributed by atoms with Gasteiger partial charge in [-0.3, -0.25) is 0 Å². The number of hydrogen-bond acceptors (Lipinski definition) is 3. The first-order valence-corrected chi connectivity index (χ1v) is 7.47. The number of phenolic OH excluding ortho intramolecular Hbond substituents is 1. The van der Waals surface area contributed by atoms with Crippen LogP contribution in [-0.2, 0) is 4.79 Å². The van der Waals surface area contributed by atoms with E-state index in [9.17, 15) is 15.0 Å². The van der Waals surface area contributed by atoms with E-state index in [-0.39, 0.29) is 16.3 Å². The summed E-state index contributed by atoms with van der Waals surface area (Å²) in [6.45, 7) is 4.31. The maximum atomic E-state index is 11.6. The van der Waals surface area contributed by atoms with Crippen LogP contribution in [0.4, 0.5) is 0 Å². The van der Waals surface area contributed by atoms with Crippen molar-refractivity contribution < 1.29 is 19.7 Å². The topological polar surface area (TPSA) is 66.8 Å². The Balaban J connectivity index is 2.46. The van der Waals surface area contributed by atoms with Crippen molar-refractivity contribution in [3.05, 3.63) is 58.1 Å². The monoisotopic (exact) mass is 332 g/mol. The van der Waals surface area contributed by atoms with Crippen LogP contribution in [0.3, 0.4) is 0 Å². The smallest absolute Gasteiger partial charge is 0.336 e. The molecule has 5 heteroatoms. The Bertz CT molecular complexity index is 766. The van der Waals surface area contributed by atoms with Crippen molar-refractivity contribution in [2.45, 2.75) is 13.8 Å². The molecule has 0 bridgehead atoms. The average molecular weight is 333 g/mol. The van der Waals surface area contributed by atoms with Crippen LogP contribution in [0, 0.1) is 6.92 Å². The summed E-state index contributed by atoms with van der Waals surface area (Å²) >= 11 is 5.86. The molecule has 0 saturated heterocycles. The van der Waals surface area contributed by atoms with Crippen molar-refractivity contribution in [1.82, 2.24) is 0 Å². The number of rotatable bonds is 5. The highest BCUT2D eigenvalue weighted by atomic mass is 35.5. The molecule has 2 rings (SSSR count). The van der Waals surface area contributed by atoms with Gasteiger partial charge in [-0.1, -0.05) is 23.7 Å². The molecule has 0 fully saturated rings. The summed E-state index contributed by atoms with van der Waals surface area (Å²) in [5.41, 5.74) is 2.16. The maximum Gasteiger partial charge on any atom is 0.336 e. The van der Waals surface area contributed by atoms with Crippen LogP contribution in [0.25, 0.3) is 11.6 Å². The highest BCUT2D eigenvalue weighted by Gasteiger charge is 2.13. The number of aliphatic carboxylic acids is 1. The Morgan fingerprint density at radius 1 is 1.26 bits per heavy atom. The minimum atomic E-state index is -1.04. The van der Waals surface area contributed by atoms with Crippen molar-refractivity contribution in [2.75, 3.05) is 6.61 Å². The molecule has 2 aromatic rings. The fourth-order valence-corrected chi connectivity index (χ4v) is 2.37. The molecule has 2 N–H and O–H groups in total. The van der Waals surface area contributed by atoms with Gasteiger partial charge in [0.1, 0.15) is 11.5 Å². The fourth-order valence-electron chi connectivity index (χ4n) is 2.18. The summed E-state index contributed by atoms with van der Waals surface area (Å²) in [7, 11) is 0. The quantitative estimate of drug-likeness (QED) is 0.630. The molecular weight excluding hydrogens is 316 g/mol. The van der Waals surface area contributed by atoms with Gasteiger partial charge < -0.3 is 14.9 Å². The van der Waals surface area contributed by atoms with Gasteiger partial charge in [0.05, 0.1) is 17.2 Å². The normalized spacial score (nSPS) is 11.3. The molecule has 23 heavy (non-hydrogen) atoms. The van der Waals surface area contributed by atoms with Crippen LogP contribution >= 0.6 is 11.6 Å². The molecule has 120 valence electrons. The zero-order valence-electron chi connectivity index (χ0n) is 12.8. The minimum absolute atomic E-state index is 0.0439. The van der Waals surface area contributed by atoms with Crippen molar-refractivity contribution in [2.24, 2.45) is 0 Å². The van der Waals surface area contributed by atoms with Gasteiger partial charge in [0, 0.05) is 0 Å². The number of aryl methyl sites for hydroxylation is 1. The van der Waals surface area contributed by atoms with Crippen LogP contribution in [0.5, 0.6) is 11.5 Å². The second kappa shape index (κ2) is 7.20. The van der Waals surface area contributed by atoms with Crippen molar-refractivity contribution >= 4 is 29.2 Å². The van der Waals surface area contributed by atoms with E-state index in [4.69, 9.17) is 16.3 Å². The summed E-state index contributed by atoms with van der Waals surface area (Å²) in [6.07, 6.45) is 1.52. The molecule has 0 aliphatic heterocycles. The van der Waals surface area contributed by atoms with Crippen LogP contribution in [0.2, 0.25) is 5.02 Å². The Labute approximate surface area is 139 Å². The molecule has 0 aromatic heterocycles. The number of benzene rings is 2. The van der Waals surface area contributed by atoms with E-state index in [1.165, 1.54) is 18.2 Å². The number of ether oxygens (including phenoxy) is 1. The molecule has 4 nitrogen and oxygen atoms in total. The van der Waals surface area contributed by atoms with E-state index >= 15 is 0 Å².